The fourth-order valence-electron chi connectivity index (χ4n) is 1.77. The molecule has 0 saturated carbocycles. The molecular formula is C10H19BN2. The van der Waals surface area contributed by atoms with Gasteiger partial charge in [0.1, 0.15) is 7.85 Å². The van der Waals surface area contributed by atoms with Crippen molar-refractivity contribution in [2.24, 2.45) is 5.73 Å². The maximum absolute atomic E-state index is 5.68. The van der Waals surface area contributed by atoms with Gasteiger partial charge in [-0.1, -0.05) is 18.3 Å². The molecule has 0 aliphatic carbocycles. The molecule has 1 atom stereocenters. The Labute approximate surface area is 81.9 Å². The maximum atomic E-state index is 5.68. The van der Waals surface area contributed by atoms with Crippen molar-refractivity contribution in [2.75, 3.05) is 6.54 Å². The normalized spacial score (nSPS) is 28.2. The van der Waals surface area contributed by atoms with E-state index < -0.39 is 0 Å². The molecule has 0 aromatic carbocycles. The van der Waals surface area contributed by atoms with Crippen LogP contribution in [0, 0.1) is 0 Å². The monoisotopic (exact) mass is 178 g/mol. The van der Waals surface area contributed by atoms with Crippen molar-refractivity contribution in [3.05, 3.63) is 23.7 Å². The van der Waals surface area contributed by atoms with Crippen LogP contribution in [0.1, 0.15) is 26.7 Å². The Morgan fingerprint density at radius 3 is 2.92 bits per heavy atom. The number of hydrogen-bond donors (Lipinski definition) is 1. The van der Waals surface area contributed by atoms with Crippen LogP contribution in [0.5, 0.6) is 0 Å². The van der Waals surface area contributed by atoms with Crippen LogP contribution in [0.4, 0.5) is 0 Å². The number of piperidine rings is 1. The van der Waals surface area contributed by atoms with Gasteiger partial charge in [0.2, 0.25) is 0 Å². The van der Waals surface area contributed by atoms with Crippen LogP contribution >= 0.6 is 0 Å². The summed E-state index contributed by atoms with van der Waals surface area (Å²) in [5, 5.41) is 0. The van der Waals surface area contributed by atoms with Gasteiger partial charge in [-0.25, -0.2) is 0 Å². The van der Waals surface area contributed by atoms with Crippen molar-refractivity contribution in [2.45, 2.75) is 32.5 Å². The number of rotatable bonds is 1. The van der Waals surface area contributed by atoms with Gasteiger partial charge in [-0.15, -0.1) is 0 Å². The number of nitrogens with two attached hydrogens (primary N) is 1. The highest BCUT2D eigenvalue weighted by Gasteiger charge is 2.17. The second-order valence-electron chi connectivity index (χ2n) is 3.95. The van der Waals surface area contributed by atoms with Gasteiger partial charge in [0.15, 0.2) is 0 Å². The molecule has 0 bridgehead atoms. The van der Waals surface area contributed by atoms with Crippen LogP contribution in [0.3, 0.4) is 0 Å². The second kappa shape index (κ2) is 4.40. The van der Waals surface area contributed by atoms with E-state index in [1.54, 1.807) is 0 Å². The molecular weight excluding hydrogens is 159 g/mol. The zero-order valence-corrected chi connectivity index (χ0v) is 8.88. The topological polar surface area (TPSA) is 29.3 Å². The zero-order valence-electron chi connectivity index (χ0n) is 8.88. The van der Waals surface area contributed by atoms with E-state index in [-0.39, 0.29) is 0 Å². The lowest BCUT2D eigenvalue weighted by molar-refractivity contribution is 0.376. The zero-order chi connectivity index (χ0) is 9.84. The third kappa shape index (κ3) is 2.83. The highest BCUT2D eigenvalue weighted by molar-refractivity contribution is 6.11. The van der Waals surface area contributed by atoms with Gasteiger partial charge in [-0.05, 0) is 20.3 Å². The molecule has 1 rings (SSSR count). The molecule has 1 heterocycles. The molecule has 0 amide bonds. The highest BCUT2D eigenvalue weighted by atomic mass is 15.1. The predicted octanol–water partition coefficient (Wildman–Crippen LogP) is 1.23. The van der Waals surface area contributed by atoms with E-state index in [2.05, 4.69) is 25.7 Å². The number of allylic oxidation sites excluding steroid dienone is 3. The smallest absolute Gasteiger partial charge is 0.107 e. The lowest BCUT2D eigenvalue weighted by Gasteiger charge is -2.32. The molecule has 0 aromatic rings. The van der Waals surface area contributed by atoms with Crippen molar-refractivity contribution >= 4 is 7.85 Å². The summed E-state index contributed by atoms with van der Waals surface area (Å²) in [4.78, 5) is 2.28. The van der Waals surface area contributed by atoms with Crippen molar-refractivity contribution in [3.63, 3.8) is 0 Å². The number of hydrogen-bond acceptors (Lipinski definition) is 2. The number of likely N-dealkylation sites (tertiary alicyclic amines) is 1. The van der Waals surface area contributed by atoms with Crippen LogP contribution in [0.25, 0.3) is 0 Å². The van der Waals surface area contributed by atoms with Gasteiger partial charge in [0.05, 0.1) is 0 Å². The van der Waals surface area contributed by atoms with Crippen molar-refractivity contribution in [3.8, 4) is 0 Å². The van der Waals surface area contributed by atoms with Gasteiger partial charge >= 0.3 is 0 Å². The van der Waals surface area contributed by atoms with Gasteiger partial charge in [0.25, 0.3) is 0 Å². The van der Waals surface area contributed by atoms with E-state index in [0.717, 1.165) is 18.1 Å². The molecule has 2 N–H and O–H groups in total. The van der Waals surface area contributed by atoms with E-state index >= 15 is 0 Å². The first-order chi connectivity index (χ1) is 6.13. The Morgan fingerprint density at radius 2 is 2.38 bits per heavy atom. The van der Waals surface area contributed by atoms with Gasteiger partial charge in [-0.3, -0.25) is 0 Å². The SMILES string of the molecule is BC1CCC(=CC)N(/C=C(\C)N)C1. The third-order valence-electron chi connectivity index (χ3n) is 2.46. The largest absolute Gasteiger partial charge is 0.401 e. The first-order valence-electron chi connectivity index (χ1n) is 4.99. The maximum Gasteiger partial charge on any atom is 0.107 e. The highest BCUT2D eigenvalue weighted by Crippen LogP contribution is 2.26. The lowest BCUT2D eigenvalue weighted by atomic mass is 9.80. The average Bonchev–Trinajstić information content (AvgIpc) is 2.03. The Bertz CT molecular complexity index is 229. The van der Waals surface area contributed by atoms with E-state index in [0.29, 0.717) is 0 Å². The first-order valence-corrected chi connectivity index (χ1v) is 4.99. The Hall–Kier alpha value is -0.855. The quantitative estimate of drug-likeness (QED) is 0.612. The fourth-order valence-corrected chi connectivity index (χ4v) is 1.77. The summed E-state index contributed by atoms with van der Waals surface area (Å²) < 4.78 is 0. The Balaban J connectivity index is 2.72. The predicted molar refractivity (Wildman–Crippen MR) is 59.9 cm³/mol. The molecule has 0 aromatic heterocycles. The van der Waals surface area contributed by atoms with E-state index in [9.17, 15) is 0 Å². The molecule has 1 fully saturated rings. The van der Waals surface area contributed by atoms with Crippen LogP contribution in [0.2, 0.25) is 5.82 Å². The minimum atomic E-state index is 0.777. The van der Waals surface area contributed by atoms with Gasteiger partial charge < -0.3 is 10.6 Å². The summed E-state index contributed by atoms with van der Waals surface area (Å²) in [6.45, 7) is 5.14. The summed E-state index contributed by atoms with van der Waals surface area (Å²) in [6, 6.07) is 0. The van der Waals surface area contributed by atoms with Crippen LogP contribution < -0.4 is 5.73 Å². The molecule has 1 unspecified atom stereocenters. The Morgan fingerprint density at radius 1 is 1.69 bits per heavy atom. The van der Waals surface area contributed by atoms with Crippen LogP contribution in [-0.2, 0) is 0 Å². The van der Waals surface area contributed by atoms with Gasteiger partial charge in [-0.2, -0.15) is 0 Å². The van der Waals surface area contributed by atoms with Crippen molar-refractivity contribution < 1.29 is 0 Å². The molecule has 0 radical (unpaired) electrons. The van der Waals surface area contributed by atoms with E-state index in [1.165, 1.54) is 18.5 Å². The third-order valence-corrected chi connectivity index (χ3v) is 2.46. The molecule has 72 valence electrons. The summed E-state index contributed by atoms with van der Waals surface area (Å²) in [5.41, 5.74) is 7.97. The van der Waals surface area contributed by atoms with Crippen LogP contribution in [-0.4, -0.2) is 19.3 Å². The summed E-state index contributed by atoms with van der Waals surface area (Å²) in [7, 11) is 2.29. The molecule has 2 nitrogen and oxygen atoms in total. The molecule has 13 heavy (non-hydrogen) atoms. The molecule has 0 spiro atoms. The summed E-state index contributed by atoms with van der Waals surface area (Å²) in [6.07, 6.45) is 6.71. The minimum Gasteiger partial charge on any atom is -0.401 e. The average molecular weight is 178 g/mol. The van der Waals surface area contributed by atoms with Crippen LogP contribution in [0.15, 0.2) is 23.7 Å². The van der Waals surface area contributed by atoms with E-state index in [4.69, 9.17) is 5.73 Å². The van der Waals surface area contributed by atoms with Crippen molar-refractivity contribution in [1.29, 1.82) is 0 Å². The first kappa shape index (κ1) is 10.2. The second-order valence-corrected chi connectivity index (χ2v) is 3.95. The van der Waals surface area contributed by atoms with Gasteiger partial charge in [0, 0.05) is 24.1 Å². The Kier molecular flexibility index (Phi) is 3.46. The molecule has 3 heteroatoms. The molecule has 1 aliphatic heterocycles. The minimum absolute atomic E-state index is 0.777. The lowest BCUT2D eigenvalue weighted by Crippen LogP contribution is -2.27. The summed E-state index contributed by atoms with van der Waals surface area (Å²) >= 11 is 0. The van der Waals surface area contributed by atoms with Crippen molar-refractivity contribution in [1.82, 2.24) is 4.90 Å². The standard InChI is InChI=1S/C10H19BN2/c1-3-10-5-4-9(11)7-13(10)6-8(2)12/h3,6,9H,4-5,7,11-12H2,1-2H3/b8-6+,10-3?. The molecule has 1 saturated heterocycles. The van der Waals surface area contributed by atoms with E-state index in [1.807, 2.05) is 13.1 Å². The summed E-state index contributed by atoms with van der Waals surface area (Å²) in [5.74, 6) is 0.777. The molecule has 1 aliphatic rings. The number of nitrogens with zero attached hydrogens (tertiary/aromatic N) is 1. The fraction of sp³-hybridized carbons (Fsp3) is 0.600.